The van der Waals surface area contributed by atoms with Crippen LogP contribution in [0, 0.1) is 12.7 Å². The molecule has 2 N–H and O–H groups in total. The Labute approximate surface area is 157 Å². The molecule has 0 spiro atoms. The number of benzene rings is 3. The molecule has 3 rings (SSSR count). The van der Waals surface area contributed by atoms with Crippen molar-refractivity contribution in [2.24, 2.45) is 0 Å². The normalized spacial score (nSPS) is 11.1. The second-order valence-corrected chi connectivity index (χ2v) is 7.63. The van der Waals surface area contributed by atoms with Gasteiger partial charge in [-0.2, -0.15) is 0 Å². The van der Waals surface area contributed by atoms with E-state index in [4.69, 9.17) is 4.74 Å². The molecule has 0 heterocycles. The molecule has 0 aliphatic carbocycles. The summed E-state index contributed by atoms with van der Waals surface area (Å²) in [7, 11) is -2.17. The van der Waals surface area contributed by atoms with E-state index in [9.17, 15) is 12.8 Å². The van der Waals surface area contributed by atoms with Crippen molar-refractivity contribution < 1.29 is 17.5 Å². The maximum atomic E-state index is 12.9. The van der Waals surface area contributed by atoms with Crippen LogP contribution in [0.5, 0.6) is 5.75 Å². The Hall–Kier alpha value is -3.06. The summed E-state index contributed by atoms with van der Waals surface area (Å²) < 4.78 is 45.8. The predicted octanol–water partition coefficient (Wildman–Crippen LogP) is 4.69. The number of methoxy groups -OCH3 is 1. The van der Waals surface area contributed by atoms with Crippen molar-refractivity contribution in [3.05, 3.63) is 78.1 Å². The van der Waals surface area contributed by atoms with E-state index >= 15 is 0 Å². The highest BCUT2D eigenvalue weighted by molar-refractivity contribution is 7.92. The molecule has 0 saturated heterocycles. The predicted molar refractivity (Wildman–Crippen MR) is 105 cm³/mol. The first-order valence-electron chi connectivity index (χ1n) is 8.17. The quantitative estimate of drug-likeness (QED) is 0.645. The van der Waals surface area contributed by atoms with E-state index in [1.165, 1.54) is 25.3 Å². The second-order valence-electron chi connectivity index (χ2n) is 5.95. The van der Waals surface area contributed by atoms with Gasteiger partial charge < -0.3 is 10.1 Å². The van der Waals surface area contributed by atoms with Crippen molar-refractivity contribution in [3.8, 4) is 5.75 Å². The molecule has 140 valence electrons. The van der Waals surface area contributed by atoms with Gasteiger partial charge in [0.1, 0.15) is 11.6 Å². The minimum absolute atomic E-state index is 0.161. The lowest BCUT2D eigenvalue weighted by atomic mass is 10.2. The van der Waals surface area contributed by atoms with Gasteiger partial charge in [-0.05, 0) is 79.2 Å². The van der Waals surface area contributed by atoms with Crippen LogP contribution in [0.3, 0.4) is 0 Å². The van der Waals surface area contributed by atoms with E-state index in [0.717, 1.165) is 16.9 Å². The standard InChI is InChI=1S/C20H19FN2O3S/c1-14-13-19(11-12-20(14)26-2)27(24,25)23-18-9-7-17(8-10-18)22-16-5-3-15(21)4-6-16/h3-13,22-23H,1-2H3. The van der Waals surface area contributed by atoms with Crippen LogP contribution in [0.15, 0.2) is 71.6 Å². The van der Waals surface area contributed by atoms with Crippen molar-refractivity contribution >= 4 is 27.1 Å². The number of anilines is 3. The van der Waals surface area contributed by atoms with Crippen LogP contribution in [0.2, 0.25) is 0 Å². The van der Waals surface area contributed by atoms with E-state index in [-0.39, 0.29) is 10.7 Å². The number of halogens is 1. The first-order valence-corrected chi connectivity index (χ1v) is 9.66. The molecule has 0 saturated carbocycles. The topological polar surface area (TPSA) is 67.4 Å². The molecule has 0 aliphatic rings. The molecule has 0 atom stereocenters. The number of ether oxygens (including phenoxy) is 1. The minimum Gasteiger partial charge on any atom is -0.496 e. The van der Waals surface area contributed by atoms with Crippen molar-refractivity contribution in [3.63, 3.8) is 0 Å². The number of aryl methyl sites for hydroxylation is 1. The van der Waals surface area contributed by atoms with Gasteiger partial charge in [-0.3, -0.25) is 4.72 Å². The van der Waals surface area contributed by atoms with E-state index in [2.05, 4.69) is 10.0 Å². The van der Waals surface area contributed by atoms with Gasteiger partial charge in [0.25, 0.3) is 10.0 Å². The molecule has 0 fully saturated rings. The summed E-state index contributed by atoms with van der Waals surface area (Å²) in [4.78, 5) is 0.161. The summed E-state index contributed by atoms with van der Waals surface area (Å²) in [5, 5.41) is 3.12. The summed E-state index contributed by atoms with van der Waals surface area (Å²) in [6, 6.07) is 17.4. The fraction of sp³-hybridized carbons (Fsp3) is 0.100. The second kappa shape index (κ2) is 7.67. The van der Waals surface area contributed by atoms with Gasteiger partial charge in [-0.25, -0.2) is 12.8 Å². The molecule has 0 amide bonds. The van der Waals surface area contributed by atoms with Gasteiger partial charge in [0.15, 0.2) is 0 Å². The molecule has 0 aromatic heterocycles. The fourth-order valence-electron chi connectivity index (χ4n) is 2.55. The average Bonchev–Trinajstić information content (AvgIpc) is 2.65. The summed E-state index contributed by atoms with van der Waals surface area (Å²) in [6.45, 7) is 1.79. The summed E-state index contributed by atoms with van der Waals surface area (Å²) in [6.07, 6.45) is 0. The number of nitrogens with one attached hydrogen (secondary N) is 2. The third kappa shape index (κ3) is 4.57. The number of hydrogen-bond donors (Lipinski definition) is 2. The van der Waals surface area contributed by atoms with Crippen LogP contribution in [0.4, 0.5) is 21.5 Å². The molecular weight excluding hydrogens is 367 g/mol. The SMILES string of the molecule is COc1ccc(S(=O)(=O)Nc2ccc(Nc3ccc(F)cc3)cc2)cc1C. The monoisotopic (exact) mass is 386 g/mol. The van der Waals surface area contributed by atoms with Gasteiger partial charge >= 0.3 is 0 Å². The number of sulfonamides is 1. The van der Waals surface area contributed by atoms with Gasteiger partial charge in [0.05, 0.1) is 12.0 Å². The Morgan fingerprint density at radius 3 is 1.96 bits per heavy atom. The molecule has 0 radical (unpaired) electrons. The van der Waals surface area contributed by atoms with Crippen molar-refractivity contribution in [1.29, 1.82) is 0 Å². The van der Waals surface area contributed by atoms with Crippen LogP contribution in [-0.4, -0.2) is 15.5 Å². The van der Waals surface area contributed by atoms with Crippen LogP contribution in [0.25, 0.3) is 0 Å². The molecule has 3 aromatic rings. The minimum atomic E-state index is -3.70. The van der Waals surface area contributed by atoms with Crippen LogP contribution in [0.1, 0.15) is 5.56 Å². The molecule has 27 heavy (non-hydrogen) atoms. The Bertz CT molecular complexity index is 1030. The lowest BCUT2D eigenvalue weighted by Gasteiger charge is -2.11. The first kappa shape index (κ1) is 18.7. The molecule has 7 heteroatoms. The number of rotatable bonds is 6. The van der Waals surface area contributed by atoms with E-state index in [0.29, 0.717) is 11.4 Å². The number of hydrogen-bond acceptors (Lipinski definition) is 4. The lowest BCUT2D eigenvalue weighted by Crippen LogP contribution is -2.13. The molecule has 0 bridgehead atoms. The van der Waals surface area contributed by atoms with Crippen LogP contribution >= 0.6 is 0 Å². The Balaban J connectivity index is 1.73. The van der Waals surface area contributed by atoms with Gasteiger partial charge in [0.2, 0.25) is 0 Å². The largest absolute Gasteiger partial charge is 0.496 e. The Morgan fingerprint density at radius 1 is 0.852 bits per heavy atom. The van der Waals surface area contributed by atoms with Gasteiger partial charge in [-0.15, -0.1) is 0 Å². The van der Waals surface area contributed by atoms with E-state index < -0.39 is 10.0 Å². The maximum absolute atomic E-state index is 12.9. The average molecular weight is 386 g/mol. The Morgan fingerprint density at radius 2 is 1.41 bits per heavy atom. The van der Waals surface area contributed by atoms with Gasteiger partial charge in [0, 0.05) is 17.1 Å². The van der Waals surface area contributed by atoms with Crippen molar-refractivity contribution in [1.82, 2.24) is 0 Å². The highest BCUT2D eigenvalue weighted by Gasteiger charge is 2.15. The summed E-state index contributed by atoms with van der Waals surface area (Å²) in [5.41, 5.74) is 2.66. The molecule has 3 aromatic carbocycles. The van der Waals surface area contributed by atoms with Gasteiger partial charge in [-0.1, -0.05) is 0 Å². The zero-order valence-electron chi connectivity index (χ0n) is 14.9. The smallest absolute Gasteiger partial charge is 0.261 e. The third-order valence-electron chi connectivity index (χ3n) is 3.95. The van der Waals surface area contributed by atoms with Crippen LogP contribution in [-0.2, 0) is 10.0 Å². The highest BCUT2D eigenvalue weighted by Crippen LogP contribution is 2.24. The molecule has 0 aliphatic heterocycles. The first-order chi connectivity index (χ1) is 12.9. The zero-order chi connectivity index (χ0) is 19.4. The van der Waals surface area contributed by atoms with E-state index in [1.54, 1.807) is 55.5 Å². The fourth-order valence-corrected chi connectivity index (χ4v) is 3.70. The molecule has 5 nitrogen and oxygen atoms in total. The van der Waals surface area contributed by atoms with Crippen molar-refractivity contribution in [2.75, 3.05) is 17.1 Å². The zero-order valence-corrected chi connectivity index (χ0v) is 15.7. The Kier molecular flexibility index (Phi) is 5.32. The maximum Gasteiger partial charge on any atom is 0.261 e. The highest BCUT2D eigenvalue weighted by atomic mass is 32.2. The summed E-state index contributed by atoms with van der Waals surface area (Å²) in [5.74, 6) is 0.323. The third-order valence-corrected chi connectivity index (χ3v) is 5.33. The van der Waals surface area contributed by atoms with Crippen molar-refractivity contribution in [2.45, 2.75) is 11.8 Å². The molecular formula is C20H19FN2O3S. The van der Waals surface area contributed by atoms with Crippen LogP contribution < -0.4 is 14.8 Å². The molecule has 0 unspecified atom stereocenters. The van der Waals surface area contributed by atoms with E-state index in [1.807, 2.05) is 0 Å². The lowest BCUT2D eigenvalue weighted by molar-refractivity contribution is 0.411. The summed E-state index contributed by atoms with van der Waals surface area (Å²) >= 11 is 0.